The van der Waals surface area contributed by atoms with Crippen molar-refractivity contribution in [1.29, 1.82) is 0 Å². The number of anilines is 1. The van der Waals surface area contributed by atoms with Gasteiger partial charge >= 0.3 is 12.1 Å². The third-order valence-corrected chi connectivity index (χ3v) is 6.48. The van der Waals surface area contributed by atoms with E-state index in [4.69, 9.17) is 5.73 Å². The molecule has 31 heavy (non-hydrogen) atoms. The normalized spacial score (nSPS) is 21.7. The molecule has 9 heteroatoms. The van der Waals surface area contributed by atoms with Crippen molar-refractivity contribution in [2.45, 2.75) is 31.3 Å². The van der Waals surface area contributed by atoms with Gasteiger partial charge in [0.1, 0.15) is 0 Å². The highest BCUT2D eigenvalue weighted by atomic mass is 79.9. The number of ketones is 1. The van der Waals surface area contributed by atoms with Gasteiger partial charge in [-0.05, 0) is 52.4 Å². The molecule has 1 aliphatic heterocycles. The van der Waals surface area contributed by atoms with Gasteiger partial charge in [0.15, 0.2) is 5.78 Å². The van der Waals surface area contributed by atoms with E-state index < -0.39 is 12.1 Å². The first-order chi connectivity index (χ1) is 14.9. The number of amides is 3. The number of nitrogens with one attached hydrogen (secondary N) is 1. The molecule has 0 radical (unpaired) electrons. The lowest BCUT2D eigenvalue weighted by Crippen LogP contribution is -2.45. The SMILES string of the molecule is NC(=O)n1cc(NC(=O)N2[C@@H]3C[C@@H]3C[C@H]2C(=O)Cc2cncc(Br)c2)c2ccccc21. The number of urea groups is 1. The average molecular weight is 482 g/mol. The number of fused-ring (bicyclic) bond motifs is 2. The van der Waals surface area contributed by atoms with E-state index in [0.717, 1.165) is 16.5 Å². The van der Waals surface area contributed by atoms with Gasteiger partial charge in [0.25, 0.3) is 0 Å². The number of carbonyl (C=O) groups excluding carboxylic acids is 3. The van der Waals surface area contributed by atoms with Crippen LogP contribution in [-0.2, 0) is 11.2 Å². The number of pyridine rings is 1. The molecular formula is C22H20BrN5O3. The van der Waals surface area contributed by atoms with Crippen LogP contribution in [0.25, 0.3) is 10.9 Å². The fourth-order valence-corrected chi connectivity index (χ4v) is 4.96. The van der Waals surface area contributed by atoms with Crippen molar-refractivity contribution in [2.75, 3.05) is 5.32 Å². The standard InChI is InChI=1S/C22H20BrN5O3/c23-14-5-12(9-25-10-14)6-20(29)19-8-13-7-18(13)28(19)22(31)26-16-11-27(21(24)30)17-4-2-1-3-15(16)17/h1-5,9-11,13,18-19H,6-8H2,(H2,24,30)(H,26,31)/t13-,18-,19+/m1/s1. The van der Waals surface area contributed by atoms with Crippen molar-refractivity contribution in [3.63, 3.8) is 0 Å². The summed E-state index contributed by atoms with van der Waals surface area (Å²) < 4.78 is 2.12. The van der Waals surface area contributed by atoms with Gasteiger partial charge < -0.3 is 16.0 Å². The number of hydrogen-bond donors (Lipinski definition) is 2. The van der Waals surface area contributed by atoms with Crippen LogP contribution >= 0.6 is 15.9 Å². The molecule has 0 bridgehead atoms. The maximum absolute atomic E-state index is 13.2. The molecule has 0 unspecified atom stereocenters. The van der Waals surface area contributed by atoms with Crippen LogP contribution in [0.4, 0.5) is 15.3 Å². The molecule has 2 aromatic heterocycles. The Balaban J connectivity index is 1.38. The minimum Gasteiger partial charge on any atom is -0.351 e. The maximum atomic E-state index is 13.2. The van der Waals surface area contributed by atoms with Gasteiger partial charge in [-0.25, -0.2) is 9.59 Å². The predicted molar refractivity (Wildman–Crippen MR) is 119 cm³/mol. The molecule has 2 fully saturated rings. The lowest BCUT2D eigenvalue weighted by atomic mass is 10.0. The number of aromatic nitrogens is 2. The molecule has 3 amide bonds. The van der Waals surface area contributed by atoms with Gasteiger partial charge in [-0.15, -0.1) is 0 Å². The fourth-order valence-electron chi connectivity index (χ4n) is 4.55. The summed E-state index contributed by atoms with van der Waals surface area (Å²) in [6, 6.07) is 7.73. The van der Waals surface area contributed by atoms with Crippen LogP contribution in [0.15, 0.2) is 53.4 Å². The van der Waals surface area contributed by atoms with E-state index in [9.17, 15) is 14.4 Å². The number of piperidine rings is 1. The van der Waals surface area contributed by atoms with E-state index in [1.807, 2.05) is 18.2 Å². The molecule has 3 heterocycles. The zero-order valence-electron chi connectivity index (χ0n) is 16.5. The van der Waals surface area contributed by atoms with Gasteiger partial charge in [-0.3, -0.25) is 14.3 Å². The summed E-state index contributed by atoms with van der Waals surface area (Å²) >= 11 is 3.37. The van der Waals surface area contributed by atoms with E-state index in [-0.39, 0.29) is 24.3 Å². The lowest BCUT2D eigenvalue weighted by Gasteiger charge is -2.26. The lowest BCUT2D eigenvalue weighted by molar-refractivity contribution is -0.122. The zero-order chi connectivity index (χ0) is 21.7. The van der Waals surface area contributed by atoms with Crippen LogP contribution in [0.5, 0.6) is 0 Å². The molecule has 1 saturated carbocycles. The van der Waals surface area contributed by atoms with Gasteiger partial charge in [0, 0.05) is 40.9 Å². The molecule has 3 N–H and O–H groups in total. The number of Topliss-reactive ketones (excluding diaryl/α,β-unsaturated/α-hetero) is 1. The molecule has 2 aliphatic rings. The Labute approximate surface area is 186 Å². The second-order valence-electron chi connectivity index (χ2n) is 8.07. The first-order valence-corrected chi connectivity index (χ1v) is 10.8. The Morgan fingerprint density at radius 2 is 2.00 bits per heavy atom. The molecular weight excluding hydrogens is 462 g/mol. The smallest absolute Gasteiger partial charge is 0.323 e. The number of nitrogens with two attached hydrogens (primary N) is 1. The highest BCUT2D eigenvalue weighted by Gasteiger charge is 2.55. The van der Waals surface area contributed by atoms with E-state index in [0.29, 0.717) is 28.9 Å². The molecule has 1 aromatic carbocycles. The van der Waals surface area contributed by atoms with Crippen molar-refractivity contribution in [3.05, 3.63) is 59.0 Å². The average Bonchev–Trinajstić information content (AvgIpc) is 3.24. The van der Waals surface area contributed by atoms with Crippen molar-refractivity contribution in [2.24, 2.45) is 11.7 Å². The summed E-state index contributed by atoms with van der Waals surface area (Å²) in [5.74, 6) is 0.370. The largest absolute Gasteiger partial charge is 0.351 e. The maximum Gasteiger partial charge on any atom is 0.323 e. The quantitative estimate of drug-likeness (QED) is 0.593. The second-order valence-corrected chi connectivity index (χ2v) is 8.99. The van der Waals surface area contributed by atoms with E-state index in [1.54, 1.807) is 29.4 Å². The molecule has 3 aromatic rings. The number of halogens is 1. The molecule has 1 aliphatic carbocycles. The minimum absolute atomic E-state index is 0.00168. The summed E-state index contributed by atoms with van der Waals surface area (Å²) in [6.07, 6.45) is 6.68. The van der Waals surface area contributed by atoms with Crippen LogP contribution in [0.3, 0.4) is 0 Å². The number of benzene rings is 1. The summed E-state index contributed by atoms with van der Waals surface area (Å²) in [6.45, 7) is 0. The number of nitrogens with zero attached hydrogens (tertiary/aromatic N) is 3. The molecule has 1 saturated heterocycles. The van der Waals surface area contributed by atoms with Crippen molar-refractivity contribution >= 4 is 50.4 Å². The van der Waals surface area contributed by atoms with Crippen LogP contribution in [0.1, 0.15) is 18.4 Å². The van der Waals surface area contributed by atoms with Crippen LogP contribution in [-0.4, -0.2) is 44.4 Å². The predicted octanol–water partition coefficient (Wildman–Crippen LogP) is 3.53. The third-order valence-electron chi connectivity index (χ3n) is 6.04. The number of primary amides is 1. The van der Waals surface area contributed by atoms with E-state index in [1.165, 1.54) is 10.8 Å². The van der Waals surface area contributed by atoms with Crippen LogP contribution in [0, 0.1) is 5.92 Å². The van der Waals surface area contributed by atoms with E-state index in [2.05, 4.69) is 26.2 Å². The van der Waals surface area contributed by atoms with E-state index >= 15 is 0 Å². The monoisotopic (exact) mass is 481 g/mol. The number of rotatable bonds is 4. The Morgan fingerprint density at radius 1 is 1.19 bits per heavy atom. The van der Waals surface area contributed by atoms with Crippen molar-refractivity contribution in [3.8, 4) is 0 Å². The minimum atomic E-state index is -0.629. The molecule has 158 valence electrons. The summed E-state index contributed by atoms with van der Waals surface area (Å²) in [7, 11) is 0. The highest BCUT2D eigenvalue weighted by Crippen LogP contribution is 2.48. The Morgan fingerprint density at radius 3 is 2.77 bits per heavy atom. The first kappa shape index (κ1) is 19.7. The van der Waals surface area contributed by atoms with Crippen LogP contribution in [0.2, 0.25) is 0 Å². The third kappa shape index (κ3) is 3.59. The second kappa shape index (κ2) is 7.49. The van der Waals surface area contributed by atoms with Crippen molar-refractivity contribution < 1.29 is 14.4 Å². The number of likely N-dealkylation sites (tertiary alicyclic amines) is 1. The molecule has 5 rings (SSSR count). The topological polar surface area (TPSA) is 110 Å². The molecule has 3 atom stereocenters. The first-order valence-electron chi connectivity index (χ1n) is 10.0. The Hall–Kier alpha value is -3.20. The number of carbonyl (C=O) groups is 3. The number of hydrogen-bond acceptors (Lipinski definition) is 4. The summed E-state index contributed by atoms with van der Waals surface area (Å²) in [5.41, 5.74) is 7.39. The van der Waals surface area contributed by atoms with Crippen molar-refractivity contribution in [1.82, 2.24) is 14.5 Å². The van der Waals surface area contributed by atoms with Gasteiger partial charge in [-0.2, -0.15) is 0 Å². The fraction of sp³-hybridized carbons (Fsp3) is 0.273. The van der Waals surface area contributed by atoms with Crippen LogP contribution < -0.4 is 11.1 Å². The highest BCUT2D eigenvalue weighted by molar-refractivity contribution is 9.10. The van der Waals surface area contributed by atoms with Gasteiger partial charge in [-0.1, -0.05) is 18.2 Å². The molecule has 0 spiro atoms. The summed E-state index contributed by atoms with van der Waals surface area (Å²) in [4.78, 5) is 43.8. The van der Waals surface area contributed by atoms with Gasteiger partial charge in [0.2, 0.25) is 0 Å². The zero-order valence-corrected chi connectivity index (χ0v) is 18.1. The number of para-hydroxylation sites is 1. The van der Waals surface area contributed by atoms with Gasteiger partial charge in [0.05, 0.1) is 17.2 Å². The Bertz CT molecular complexity index is 1220. The molecule has 8 nitrogen and oxygen atoms in total. The summed E-state index contributed by atoms with van der Waals surface area (Å²) in [5, 5.41) is 3.62. The Kier molecular flexibility index (Phi) is 4.77.